The van der Waals surface area contributed by atoms with Gasteiger partial charge in [0, 0.05) is 23.2 Å². The molecule has 0 spiro atoms. The highest BCUT2D eigenvalue weighted by Crippen LogP contribution is 2.39. The summed E-state index contributed by atoms with van der Waals surface area (Å²) in [6.07, 6.45) is -3.72. The Bertz CT molecular complexity index is 926. The van der Waals surface area contributed by atoms with E-state index in [0.717, 1.165) is 12.1 Å². The van der Waals surface area contributed by atoms with Gasteiger partial charge in [-0.1, -0.05) is 17.7 Å². The summed E-state index contributed by atoms with van der Waals surface area (Å²) in [6.45, 7) is 1.57. The van der Waals surface area contributed by atoms with E-state index in [-0.39, 0.29) is 34.0 Å². The molecular formula is C18H14Cl3F4NO3. The number of ether oxygens (including phenoxy) is 1. The Morgan fingerprint density at radius 2 is 1.93 bits per heavy atom. The predicted octanol–water partition coefficient (Wildman–Crippen LogP) is 6.25. The Hall–Kier alpha value is -1.90. The topological polar surface area (TPSA) is 62.3 Å². The second-order valence-electron chi connectivity index (χ2n) is 5.83. The number of hydrogen-bond acceptors (Lipinski definition) is 2. The van der Waals surface area contributed by atoms with E-state index in [4.69, 9.17) is 39.5 Å². The third-order valence-corrected chi connectivity index (χ3v) is 4.34. The van der Waals surface area contributed by atoms with Crippen LogP contribution < -0.4 is 4.74 Å². The van der Waals surface area contributed by atoms with E-state index in [0.29, 0.717) is 6.07 Å². The molecule has 0 aliphatic rings. The molecule has 0 fully saturated rings. The highest BCUT2D eigenvalue weighted by molar-refractivity contribution is 6.44. The molecule has 2 rings (SSSR count). The van der Waals surface area contributed by atoms with Crippen molar-refractivity contribution in [2.24, 2.45) is 0 Å². The standard InChI is InChI=1S/C18H14Cl3F4NO3/c1-2-3-13(17(27)28)29-14-4-8(11(22)6-10(14)19)9-5-15(18(23,24)25)26-12(9)7-16(20)21/h2-6,13,16,26H,7H2,1H3,(H,27,28). The van der Waals surface area contributed by atoms with Crippen LogP contribution in [0.1, 0.15) is 18.3 Å². The summed E-state index contributed by atoms with van der Waals surface area (Å²) < 4.78 is 59.2. The quantitative estimate of drug-likeness (QED) is 0.283. The summed E-state index contributed by atoms with van der Waals surface area (Å²) in [6, 6.07) is 2.56. The molecule has 1 atom stereocenters. The van der Waals surface area contributed by atoms with Crippen molar-refractivity contribution in [3.05, 3.63) is 52.6 Å². The molecule has 1 aromatic heterocycles. The van der Waals surface area contributed by atoms with E-state index in [1.54, 1.807) is 6.92 Å². The van der Waals surface area contributed by atoms with Crippen molar-refractivity contribution in [1.82, 2.24) is 4.98 Å². The number of carboxylic acids is 1. The van der Waals surface area contributed by atoms with Gasteiger partial charge in [-0.2, -0.15) is 13.2 Å². The zero-order chi connectivity index (χ0) is 21.9. The van der Waals surface area contributed by atoms with Gasteiger partial charge >= 0.3 is 12.1 Å². The van der Waals surface area contributed by atoms with Crippen LogP contribution in [0, 0.1) is 5.82 Å². The molecule has 2 aromatic rings. The van der Waals surface area contributed by atoms with Gasteiger partial charge in [0.05, 0.1) is 5.02 Å². The molecule has 158 valence electrons. The minimum atomic E-state index is -4.72. The summed E-state index contributed by atoms with van der Waals surface area (Å²) in [5, 5.41) is 8.93. The molecular weight excluding hydrogens is 461 g/mol. The van der Waals surface area contributed by atoms with E-state index in [1.165, 1.54) is 12.2 Å². The van der Waals surface area contributed by atoms with Gasteiger partial charge in [0.25, 0.3) is 0 Å². The number of aromatic nitrogens is 1. The second-order valence-corrected chi connectivity index (χ2v) is 7.52. The van der Waals surface area contributed by atoms with E-state index >= 15 is 0 Å². The molecule has 0 bridgehead atoms. The van der Waals surface area contributed by atoms with Gasteiger partial charge in [-0.25, -0.2) is 9.18 Å². The number of alkyl halides is 5. The van der Waals surface area contributed by atoms with Gasteiger partial charge in [-0.05, 0) is 31.2 Å². The number of hydrogen-bond donors (Lipinski definition) is 2. The van der Waals surface area contributed by atoms with Crippen molar-refractivity contribution < 1.29 is 32.2 Å². The minimum Gasteiger partial charge on any atom is -0.478 e. The zero-order valence-corrected chi connectivity index (χ0v) is 16.9. The molecule has 0 amide bonds. The van der Waals surface area contributed by atoms with Gasteiger partial charge in [0.2, 0.25) is 6.10 Å². The zero-order valence-electron chi connectivity index (χ0n) is 14.7. The first kappa shape index (κ1) is 23.4. The maximum absolute atomic E-state index is 14.6. The number of allylic oxidation sites excluding steroid dienone is 1. The van der Waals surface area contributed by atoms with Crippen LogP contribution in [0.15, 0.2) is 30.4 Å². The molecule has 1 aromatic carbocycles. The second kappa shape index (κ2) is 9.28. The highest BCUT2D eigenvalue weighted by Gasteiger charge is 2.34. The first-order valence-electron chi connectivity index (χ1n) is 8.03. The summed E-state index contributed by atoms with van der Waals surface area (Å²) in [5.41, 5.74) is -1.61. The van der Waals surface area contributed by atoms with Crippen LogP contribution in [0.4, 0.5) is 17.6 Å². The Morgan fingerprint density at radius 3 is 2.45 bits per heavy atom. The lowest BCUT2D eigenvalue weighted by molar-refractivity contribution is -0.143. The molecule has 2 N–H and O–H groups in total. The number of aromatic amines is 1. The predicted molar refractivity (Wildman–Crippen MR) is 102 cm³/mol. The highest BCUT2D eigenvalue weighted by atomic mass is 35.5. The van der Waals surface area contributed by atoms with Crippen LogP contribution >= 0.6 is 34.8 Å². The van der Waals surface area contributed by atoms with E-state index < -0.39 is 34.6 Å². The van der Waals surface area contributed by atoms with Crippen molar-refractivity contribution >= 4 is 40.8 Å². The summed E-state index contributed by atoms with van der Waals surface area (Å²) in [4.78, 5) is 12.4. The molecule has 0 aliphatic carbocycles. The van der Waals surface area contributed by atoms with Crippen molar-refractivity contribution in [1.29, 1.82) is 0 Å². The smallest absolute Gasteiger partial charge is 0.431 e. The van der Waals surface area contributed by atoms with Gasteiger partial charge in [-0.3, -0.25) is 0 Å². The maximum atomic E-state index is 14.6. The van der Waals surface area contributed by atoms with Crippen molar-refractivity contribution in [3.8, 4) is 16.9 Å². The molecule has 0 aliphatic heterocycles. The van der Waals surface area contributed by atoms with Crippen molar-refractivity contribution in [2.75, 3.05) is 0 Å². The van der Waals surface area contributed by atoms with Crippen LogP contribution in [-0.4, -0.2) is 27.0 Å². The number of nitrogens with one attached hydrogen (secondary N) is 1. The fourth-order valence-electron chi connectivity index (χ4n) is 2.52. The number of carbonyl (C=O) groups is 1. The number of H-pyrrole nitrogens is 1. The maximum Gasteiger partial charge on any atom is 0.431 e. The fourth-order valence-corrected chi connectivity index (χ4v) is 3.02. The lowest BCUT2D eigenvalue weighted by atomic mass is 10.0. The first-order chi connectivity index (χ1) is 13.4. The van der Waals surface area contributed by atoms with Crippen LogP contribution in [0.3, 0.4) is 0 Å². The Morgan fingerprint density at radius 1 is 1.28 bits per heavy atom. The molecule has 11 heteroatoms. The van der Waals surface area contributed by atoms with Gasteiger partial charge in [0.15, 0.2) is 0 Å². The first-order valence-corrected chi connectivity index (χ1v) is 9.28. The minimum absolute atomic E-state index is 0.0530. The van der Waals surface area contributed by atoms with E-state index in [2.05, 4.69) is 4.98 Å². The Labute approximate surface area is 178 Å². The number of aliphatic carboxylic acids is 1. The average Bonchev–Trinajstić information content (AvgIpc) is 2.99. The number of rotatable bonds is 7. The van der Waals surface area contributed by atoms with Gasteiger partial charge in [0.1, 0.15) is 22.1 Å². The van der Waals surface area contributed by atoms with Crippen LogP contribution in [0.5, 0.6) is 5.75 Å². The average molecular weight is 475 g/mol. The summed E-state index contributed by atoms with van der Waals surface area (Å²) in [7, 11) is 0. The SMILES string of the molecule is CC=CC(Oc1cc(-c2cc(C(F)(F)F)[nH]c2CC(Cl)Cl)c(F)cc1Cl)C(=O)O. The van der Waals surface area contributed by atoms with Gasteiger partial charge < -0.3 is 14.8 Å². The number of carboxylic acid groups (broad SMARTS) is 1. The summed E-state index contributed by atoms with van der Waals surface area (Å²) in [5.74, 6) is -2.49. The molecule has 0 saturated carbocycles. The number of halogens is 7. The molecule has 1 heterocycles. The van der Waals surface area contributed by atoms with Gasteiger partial charge in [-0.15, -0.1) is 23.2 Å². The Balaban J connectivity index is 2.60. The summed E-state index contributed by atoms with van der Waals surface area (Å²) >= 11 is 17.3. The van der Waals surface area contributed by atoms with Crippen LogP contribution in [0.25, 0.3) is 11.1 Å². The Kier molecular flexibility index (Phi) is 7.48. The van der Waals surface area contributed by atoms with E-state index in [9.17, 15) is 27.5 Å². The van der Waals surface area contributed by atoms with Crippen molar-refractivity contribution in [3.63, 3.8) is 0 Å². The number of benzene rings is 1. The molecule has 0 saturated heterocycles. The molecule has 4 nitrogen and oxygen atoms in total. The normalized spacial score (nSPS) is 13.3. The largest absolute Gasteiger partial charge is 0.478 e. The molecule has 1 unspecified atom stereocenters. The molecule has 29 heavy (non-hydrogen) atoms. The molecule has 0 radical (unpaired) electrons. The lowest BCUT2D eigenvalue weighted by Crippen LogP contribution is -2.24. The monoisotopic (exact) mass is 473 g/mol. The van der Waals surface area contributed by atoms with Crippen molar-refractivity contribution in [2.45, 2.75) is 30.5 Å². The van der Waals surface area contributed by atoms with E-state index in [1.807, 2.05) is 0 Å². The third-order valence-electron chi connectivity index (χ3n) is 3.74. The fraction of sp³-hybridized carbons (Fsp3) is 0.278. The third kappa shape index (κ3) is 5.81. The van der Waals surface area contributed by atoms with Crippen LogP contribution in [0.2, 0.25) is 5.02 Å². The van der Waals surface area contributed by atoms with Crippen LogP contribution in [-0.2, 0) is 17.4 Å². The lowest BCUT2D eigenvalue weighted by Gasteiger charge is -2.15.